The van der Waals surface area contributed by atoms with E-state index in [2.05, 4.69) is 6.58 Å². The molecule has 0 bridgehead atoms. The highest BCUT2D eigenvalue weighted by Gasteiger charge is 2.36. The van der Waals surface area contributed by atoms with E-state index in [1.807, 2.05) is 19.9 Å². The number of Topliss-reactive ketones (excluding diaryl/α,β-unsaturated/α-hetero) is 2. The zero-order valence-corrected chi connectivity index (χ0v) is 16.4. The van der Waals surface area contributed by atoms with E-state index in [-0.39, 0.29) is 33.8 Å². The van der Waals surface area contributed by atoms with Crippen LogP contribution in [0.3, 0.4) is 0 Å². The molecule has 144 valence electrons. The Hall–Kier alpha value is -2.82. The van der Waals surface area contributed by atoms with Crippen molar-refractivity contribution < 1.29 is 24.5 Å². The van der Waals surface area contributed by atoms with Crippen molar-refractivity contribution in [3.8, 4) is 11.5 Å². The molecule has 0 aromatic heterocycles. The van der Waals surface area contributed by atoms with E-state index in [4.69, 9.17) is 4.74 Å². The lowest BCUT2D eigenvalue weighted by Gasteiger charge is -2.34. The normalized spacial score (nSPS) is 15.9. The molecule has 0 amide bonds. The summed E-state index contributed by atoms with van der Waals surface area (Å²) < 4.78 is 5.02. The van der Waals surface area contributed by atoms with Gasteiger partial charge in [0.2, 0.25) is 5.78 Å². The van der Waals surface area contributed by atoms with Crippen molar-refractivity contribution in [1.29, 1.82) is 0 Å². The fourth-order valence-electron chi connectivity index (χ4n) is 3.42. The molecule has 0 radical (unpaired) electrons. The van der Waals surface area contributed by atoms with Gasteiger partial charge in [-0.05, 0) is 45.2 Å². The van der Waals surface area contributed by atoms with Crippen molar-refractivity contribution >= 4 is 11.6 Å². The molecule has 5 heteroatoms. The largest absolute Gasteiger partial charge is 0.872 e. The lowest BCUT2D eigenvalue weighted by atomic mass is 9.74. The van der Waals surface area contributed by atoms with Crippen LogP contribution in [0.25, 0.3) is 0 Å². The van der Waals surface area contributed by atoms with Crippen LogP contribution in [0.4, 0.5) is 0 Å². The summed E-state index contributed by atoms with van der Waals surface area (Å²) in [6.45, 7) is 11.0. The number of benzene rings is 1. The first-order valence-electron chi connectivity index (χ1n) is 8.77. The number of ketones is 2. The SMILES string of the molecule is C=CC(C)(CCC=C(C)C)c1c(O)cc2c(c1[O-])C(=O)C(C)=C(OC)C2=O. The fraction of sp³-hybridized carbons (Fsp3) is 0.364. The van der Waals surface area contributed by atoms with E-state index in [0.717, 1.165) is 5.57 Å². The number of carbonyl (C=O) groups excluding carboxylic acids is 2. The monoisotopic (exact) mass is 369 g/mol. The minimum Gasteiger partial charge on any atom is -0.872 e. The maximum atomic E-state index is 13.2. The Morgan fingerprint density at radius 3 is 2.48 bits per heavy atom. The van der Waals surface area contributed by atoms with Gasteiger partial charge in [0.25, 0.3) is 0 Å². The summed E-state index contributed by atoms with van der Waals surface area (Å²) in [5.41, 5.74) is 0.157. The minimum atomic E-state index is -0.843. The molecular formula is C22H25O5-. The molecule has 0 aliphatic heterocycles. The second-order valence-corrected chi connectivity index (χ2v) is 7.28. The number of aromatic hydroxyl groups is 1. The molecule has 1 aliphatic rings. The molecule has 1 atom stereocenters. The average molecular weight is 369 g/mol. The van der Waals surface area contributed by atoms with Crippen LogP contribution in [0.15, 0.2) is 41.7 Å². The third-order valence-electron chi connectivity index (χ3n) is 5.06. The number of methoxy groups -OCH3 is 1. The van der Waals surface area contributed by atoms with Gasteiger partial charge in [0, 0.05) is 22.1 Å². The highest BCUT2D eigenvalue weighted by molar-refractivity contribution is 6.27. The van der Waals surface area contributed by atoms with Gasteiger partial charge in [0.1, 0.15) is 5.75 Å². The van der Waals surface area contributed by atoms with E-state index < -0.39 is 22.7 Å². The van der Waals surface area contributed by atoms with E-state index in [1.54, 1.807) is 13.0 Å². The molecule has 0 saturated carbocycles. The van der Waals surface area contributed by atoms with Crippen LogP contribution >= 0.6 is 0 Å². The summed E-state index contributed by atoms with van der Waals surface area (Å²) in [5.74, 6) is -2.17. The van der Waals surface area contributed by atoms with Crippen molar-refractivity contribution in [2.24, 2.45) is 0 Å². The number of ether oxygens (including phenoxy) is 1. The third-order valence-corrected chi connectivity index (χ3v) is 5.06. The van der Waals surface area contributed by atoms with E-state index in [9.17, 15) is 19.8 Å². The van der Waals surface area contributed by atoms with Gasteiger partial charge in [-0.1, -0.05) is 30.4 Å². The molecule has 1 aromatic carbocycles. The zero-order chi connectivity index (χ0) is 20.5. The lowest BCUT2D eigenvalue weighted by Crippen LogP contribution is -2.27. The van der Waals surface area contributed by atoms with E-state index in [0.29, 0.717) is 12.8 Å². The molecule has 0 fully saturated rings. The van der Waals surface area contributed by atoms with Crippen molar-refractivity contribution in [2.45, 2.75) is 46.0 Å². The van der Waals surface area contributed by atoms with Crippen LogP contribution in [0.1, 0.15) is 66.8 Å². The van der Waals surface area contributed by atoms with E-state index in [1.165, 1.54) is 20.1 Å². The predicted octanol–water partition coefficient (Wildman–Crippen LogP) is 3.96. The molecule has 1 unspecified atom stereocenters. The van der Waals surface area contributed by atoms with Gasteiger partial charge in [-0.2, -0.15) is 0 Å². The maximum Gasteiger partial charge on any atom is 0.228 e. The van der Waals surface area contributed by atoms with Gasteiger partial charge < -0.3 is 14.9 Å². The second kappa shape index (κ2) is 7.43. The van der Waals surface area contributed by atoms with Crippen molar-refractivity contribution in [2.75, 3.05) is 7.11 Å². The number of allylic oxidation sites excluding steroid dienone is 5. The zero-order valence-electron chi connectivity index (χ0n) is 16.4. The van der Waals surface area contributed by atoms with Gasteiger partial charge >= 0.3 is 0 Å². The Morgan fingerprint density at radius 1 is 1.33 bits per heavy atom. The molecule has 0 heterocycles. The van der Waals surface area contributed by atoms with Crippen LogP contribution in [0, 0.1) is 0 Å². The number of fused-ring (bicyclic) bond motifs is 1. The molecule has 1 aromatic rings. The molecule has 0 spiro atoms. The lowest BCUT2D eigenvalue weighted by molar-refractivity contribution is -0.270. The standard InChI is InChI=1S/C22H26O5/c1-7-22(5,10-8-9-12(2)3)17-15(23)11-14-16(20(17)26)18(24)13(4)21(27-6)19(14)25/h7,9,11,23,26H,1,8,10H2,2-6H3/p-1. The van der Waals surface area contributed by atoms with Crippen molar-refractivity contribution in [3.05, 3.63) is 58.4 Å². The van der Waals surface area contributed by atoms with E-state index >= 15 is 0 Å². The summed E-state index contributed by atoms with van der Waals surface area (Å²) in [6.07, 6.45) is 4.85. The van der Waals surface area contributed by atoms with Crippen molar-refractivity contribution in [3.63, 3.8) is 0 Å². The highest BCUT2D eigenvalue weighted by atomic mass is 16.5. The molecule has 2 rings (SSSR count). The second-order valence-electron chi connectivity index (χ2n) is 7.28. The summed E-state index contributed by atoms with van der Waals surface area (Å²) >= 11 is 0. The third kappa shape index (κ3) is 3.42. The molecule has 1 aliphatic carbocycles. The number of phenolic OH excluding ortho intramolecular Hbond substituents is 1. The first-order chi connectivity index (χ1) is 12.6. The van der Waals surface area contributed by atoms with Crippen molar-refractivity contribution in [1.82, 2.24) is 0 Å². The average Bonchev–Trinajstić information content (AvgIpc) is 2.59. The Kier molecular flexibility index (Phi) is 5.64. The molecule has 27 heavy (non-hydrogen) atoms. The van der Waals surface area contributed by atoms with Gasteiger partial charge in [0.05, 0.1) is 7.11 Å². The molecule has 5 nitrogen and oxygen atoms in total. The first kappa shape index (κ1) is 20.5. The number of hydrogen-bond donors (Lipinski definition) is 1. The van der Waals surface area contributed by atoms with Crippen LogP contribution in [-0.2, 0) is 10.2 Å². The first-order valence-corrected chi connectivity index (χ1v) is 8.77. The summed E-state index contributed by atoms with van der Waals surface area (Å²) in [5, 5.41) is 23.7. The van der Waals surface area contributed by atoms with Gasteiger partial charge in [-0.25, -0.2) is 0 Å². The maximum absolute atomic E-state index is 13.2. The predicted molar refractivity (Wildman–Crippen MR) is 102 cm³/mol. The highest BCUT2D eigenvalue weighted by Crippen LogP contribution is 2.45. The number of rotatable bonds is 6. The van der Waals surface area contributed by atoms with Crippen LogP contribution in [0.5, 0.6) is 11.5 Å². The fourth-order valence-corrected chi connectivity index (χ4v) is 3.42. The molecular weight excluding hydrogens is 344 g/mol. The molecule has 0 saturated heterocycles. The smallest absolute Gasteiger partial charge is 0.228 e. The Balaban J connectivity index is 2.68. The minimum absolute atomic E-state index is 0.0909. The summed E-state index contributed by atoms with van der Waals surface area (Å²) in [4.78, 5) is 25.3. The quantitative estimate of drug-likeness (QED) is 0.767. The number of hydrogen-bond acceptors (Lipinski definition) is 5. The van der Waals surface area contributed by atoms with Crippen LogP contribution in [-0.4, -0.2) is 23.8 Å². The van der Waals surface area contributed by atoms with Crippen LogP contribution < -0.4 is 5.11 Å². The van der Waals surface area contributed by atoms with Gasteiger partial charge in [0.15, 0.2) is 11.5 Å². The Bertz CT molecular complexity index is 884. The molecule has 1 N–H and O–H groups in total. The number of carbonyl (C=O) groups is 2. The Labute approximate surface area is 159 Å². The summed E-state index contributed by atoms with van der Waals surface area (Å²) in [7, 11) is 1.29. The Morgan fingerprint density at radius 2 is 1.96 bits per heavy atom. The topological polar surface area (TPSA) is 86.7 Å². The van der Waals surface area contributed by atoms with Gasteiger partial charge in [-0.15, -0.1) is 6.58 Å². The summed E-state index contributed by atoms with van der Waals surface area (Å²) in [6, 6.07) is 1.19. The van der Waals surface area contributed by atoms with Gasteiger partial charge in [-0.3, -0.25) is 9.59 Å². The van der Waals surface area contributed by atoms with Crippen LogP contribution in [0.2, 0.25) is 0 Å². The number of phenols is 1.